The maximum absolute atomic E-state index is 12.5. The quantitative estimate of drug-likeness (QED) is 0.0377. The van der Waals surface area contributed by atoms with Crippen LogP contribution in [0.4, 0.5) is 0 Å². The van der Waals surface area contributed by atoms with Gasteiger partial charge in [0.1, 0.15) is 73.2 Å². The van der Waals surface area contributed by atoms with Crippen LogP contribution in [-0.4, -0.2) is 193 Å². The van der Waals surface area contributed by atoms with Gasteiger partial charge in [0.2, 0.25) is 5.91 Å². The fraction of sp³-hybridized carbons (Fsp3) is 0.811. The van der Waals surface area contributed by atoms with Gasteiger partial charge >= 0.3 is 0 Å². The predicted molar refractivity (Wildman–Crippen MR) is 194 cm³/mol. The lowest BCUT2D eigenvalue weighted by atomic mass is 9.96. The summed E-state index contributed by atoms with van der Waals surface area (Å²) in [4.78, 5) is 12.5. The fourth-order valence-electron chi connectivity index (χ4n) is 6.39. The molecule has 3 fully saturated rings. The largest absolute Gasteiger partial charge is 0.394 e. The fourth-order valence-corrected chi connectivity index (χ4v) is 6.39. The van der Waals surface area contributed by atoms with Gasteiger partial charge in [-0.15, -0.1) is 0 Å². The summed E-state index contributed by atoms with van der Waals surface area (Å²) >= 11 is 0. The third-order valence-corrected chi connectivity index (χ3v) is 9.65. The van der Waals surface area contributed by atoms with Crippen molar-refractivity contribution in [3.05, 3.63) is 36.5 Å². The van der Waals surface area contributed by atoms with Crippen LogP contribution in [0.2, 0.25) is 0 Å². The molecule has 0 spiro atoms. The second-order valence-electron chi connectivity index (χ2n) is 14.0. The summed E-state index contributed by atoms with van der Waals surface area (Å²) in [6.07, 6.45) is -10.2. The van der Waals surface area contributed by atoms with Crippen molar-refractivity contribution in [2.45, 2.75) is 163 Å². The minimum absolute atomic E-state index is 0.180. The molecule has 3 aliphatic heterocycles. The second kappa shape index (κ2) is 24.8. The Bertz CT molecular complexity index is 1200. The van der Waals surface area contributed by atoms with Crippen molar-refractivity contribution in [2.75, 3.05) is 26.4 Å². The first-order chi connectivity index (χ1) is 26.8. The zero-order valence-corrected chi connectivity index (χ0v) is 31.8. The number of nitrogens with one attached hydrogen (secondary N) is 1. The maximum Gasteiger partial charge on any atom is 0.220 e. The minimum Gasteiger partial charge on any atom is -0.394 e. The van der Waals surface area contributed by atoms with Crippen LogP contribution in [0.25, 0.3) is 0 Å². The first kappa shape index (κ1) is 48.4. The Morgan fingerprint density at radius 1 is 0.625 bits per heavy atom. The van der Waals surface area contributed by atoms with Crippen LogP contribution in [0.3, 0.4) is 0 Å². The third-order valence-electron chi connectivity index (χ3n) is 9.65. The summed E-state index contributed by atoms with van der Waals surface area (Å²) in [7, 11) is 0. The number of allylic oxidation sites excluding steroid dienone is 5. The number of hydrogen-bond donors (Lipinski definition) is 12. The summed E-state index contributed by atoms with van der Waals surface area (Å²) in [6.45, 7) is 1.08. The number of carbonyl (C=O) groups is 1. The van der Waals surface area contributed by atoms with Crippen LogP contribution >= 0.6 is 0 Å². The van der Waals surface area contributed by atoms with Gasteiger partial charge in [-0.1, -0.05) is 50.3 Å². The highest BCUT2D eigenvalue weighted by Crippen LogP contribution is 2.32. The Hall–Kier alpha value is -1.99. The summed E-state index contributed by atoms with van der Waals surface area (Å²) in [5.41, 5.74) is 0. The van der Waals surface area contributed by atoms with Crippen molar-refractivity contribution in [3.63, 3.8) is 0 Å². The maximum atomic E-state index is 12.5. The van der Waals surface area contributed by atoms with Crippen molar-refractivity contribution < 1.29 is 89.4 Å². The van der Waals surface area contributed by atoms with Gasteiger partial charge in [0.15, 0.2) is 18.9 Å². The molecule has 17 atom stereocenters. The summed E-state index contributed by atoms with van der Waals surface area (Å²) in [5, 5.41) is 118. The van der Waals surface area contributed by atoms with Gasteiger partial charge in [0, 0.05) is 6.42 Å². The SMILES string of the molecule is CC/C=C/CC/C=C/CC/C=C/C(O)C(COC1OC(CO)C(OC2OC(CO)C(OC3OC(CO)C(O)C(O)C3O)C(O)C2O)C(O)C1O)NC(=O)CCC. The Morgan fingerprint density at radius 2 is 1.09 bits per heavy atom. The minimum atomic E-state index is -1.98. The number of rotatable bonds is 22. The van der Waals surface area contributed by atoms with E-state index in [1.54, 1.807) is 6.08 Å². The molecule has 0 aromatic heterocycles. The first-order valence-corrected chi connectivity index (χ1v) is 19.2. The topological polar surface area (TPSA) is 307 Å². The van der Waals surface area contributed by atoms with Gasteiger partial charge in [0.25, 0.3) is 0 Å². The number of unbranched alkanes of at least 4 members (excludes halogenated alkanes) is 2. The lowest BCUT2D eigenvalue weighted by Crippen LogP contribution is -2.66. The Morgan fingerprint density at radius 3 is 1.61 bits per heavy atom. The molecule has 3 heterocycles. The molecule has 0 saturated carbocycles. The Kier molecular flexibility index (Phi) is 21.4. The van der Waals surface area contributed by atoms with E-state index in [1.807, 2.05) is 6.92 Å². The number of amides is 1. The van der Waals surface area contributed by atoms with Gasteiger partial charge in [-0.25, -0.2) is 0 Å². The van der Waals surface area contributed by atoms with Crippen LogP contribution in [0.15, 0.2) is 36.5 Å². The van der Waals surface area contributed by atoms with E-state index in [9.17, 15) is 61.0 Å². The molecular weight excluding hydrogens is 746 g/mol. The second-order valence-corrected chi connectivity index (χ2v) is 14.0. The highest BCUT2D eigenvalue weighted by molar-refractivity contribution is 5.76. The average molecular weight is 810 g/mol. The predicted octanol–water partition coefficient (Wildman–Crippen LogP) is -3.26. The molecule has 0 radical (unpaired) electrons. The molecule has 324 valence electrons. The zero-order chi connectivity index (χ0) is 41.4. The lowest BCUT2D eigenvalue weighted by Gasteiger charge is -2.48. The highest BCUT2D eigenvalue weighted by atomic mass is 16.8. The Labute approximate surface area is 326 Å². The average Bonchev–Trinajstić information content (AvgIpc) is 3.19. The normalized spacial score (nSPS) is 38.1. The summed E-state index contributed by atoms with van der Waals surface area (Å²) in [5.74, 6) is -0.351. The van der Waals surface area contributed by atoms with E-state index >= 15 is 0 Å². The molecule has 3 aliphatic rings. The number of hydrogen-bond acceptors (Lipinski definition) is 18. The molecule has 3 saturated heterocycles. The molecule has 0 aromatic carbocycles. The smallest absolute Gasteiger partial charge is 0.220 e. The number of aliphatic hydroxyl groups is 11. The Balaban J connectivity index is 1.62. The van der Waals surface area contributed by atoms with E-state index in [-0.39, 0.29) is 18.9 Å². The molecule has 0 aliphatic carbocycles. The number of aliphatic hydroxyl groups excluding tert-OH is 11. The number of carbonyl (C=O) groups excluding carboxylic acids is 1. The molecule has 12 N–H and O–H groups in total. The molecule has 17 unspecified atom stereocenters. The van der Waals surface area contributed by atoms with E-state index in [0.29, 0.717) is 12.8 Å². The highest BCUT2D eigenvalue weighted by Gasteiger charge is 2.53. The molecular formula is C37H63NO18. The van der Waals surface area contributed by atoms with Crippen LogP contribution in [0.5, 0.6) is 0 Å². The van der Waals surface area contributed by atoms with E-state index in [1.165, 1.54) is 6.08 Å². The van der Waals surface area contributed by atoms with E-state index in [0.717, 1.165) is 25.7 Å². The molecule has 56 heavy (non-hydrogen) atoms. The van der Waals surface area contributed by atoms with Crippen molar-refractivity contribution in [1.82, 2.24) is 5.32 Å². The molecule has 3 rings (SSSR count). The zero-order valence-electron chi connectivity index (χ0n) is 31.8. The molecule has 1 amide bonds. The van der Waals surface area contributed by atoms with Crippen LogP contribution < -0.4 is 5.32 Å². The van der Waals surface area contributed by atoms with Gasteiger partial charge in [-0.2, -0.15) is 0 Å². The van der Waals surface area contributed by atoms with Gasteiger partial charge in [-0.3, -0.25) is 4.79 Å². The van der Waals surface area contributed by atoms with Gasteiger partial charge in [0.05, 0.1) is 38.6 Å². The van der Waals surface area contributed by atoms with Crippen molar-refractivity contribution in [3.8, 4) is 0 Å². The van der Waals surface area contributed by atoms with Crippen molar-refractivity contribution >= 4 is 5.91 Å². The summed E-state index contributed by atoms with van der Waals surface area (Å²) in [6, 6.07) is -0.985. The van der Waals surface area contributed by atoms with E-state index < -0.39 is 124 Å². The van der Waals surface area contributed by atoms with E-state index in [2.05, 4.69) is 36.5 Å². The summed E-state index contributed by atoms with van der Waals surface area (Å²) < 4.78 is 33.6. The molecule has 19 heteroatoms. The molecule has 0 bridgehead atoms. The monoisotopic (exact) mass is 809 g/mol. The molecule has 0 aromatic rings. The molecule has 19 nitrogen and oxygen atoms in total. The van der Waals surface area contributed by atoms with Gasteiger partial charge in [-0.05, 0) is 38.5 Å². The lowest BCUT2D eigenvalue weighted by molar-refractivity contribution is -0.379. The van der Waals surface area contributed by atoms with Crippen molar-refractivity contribution in [1.29, 1.82) is 0 Å². The first-order valence-electron chi connectivity index (χ1n) is 19.2. The number of ether oxygens (including phenoxy) is 6. The van der Waals surface area contributed by atoms with Crippen molar-refractivity contribution in [2.24, 2.45) is 0 Å². The van der Waals surface area contributed by atoms with E-state index in [4.69, 9.17) is 28.4 Å². The van der Waals surface area contributed by atoms with Crippen LogP contribution in [0, 0.1) is 0 Å². The van der Waals surface area contributed by atoms with Gasteiger partial charge < -0.3 is 89.9 Å². The van der Waals surface area contributed by atoms with Crippen LogP contribution in [-0.2, 0) is 33.2 Å². The third kappa shape index (κ3) is 13.5. The standard InChI is InChI=1S/C37H63NO18/c1-3-5-6-7-8-9-10-11-12-13-15-21(42)20(38-25(43)14-4-2)19-51-35-31(49)28(46)33(23(17-40)53-35)56-37-32(50)29(47)34(24(18-41)54-37)55-36-30(48)27(45)26(44)22(16-39)52-36/h5-6,9-10,13,15,20-24,26-37,39-42,44-50H,3-4,7-8,11-12,14,16-19H2,1-2H3,(H,38,43)/b6-5+,10-9+,15-13+. The van der Waals surface area contributed by atoms with Crippen LogP contribution in [0.1, 0.15) is 58.8 Å².